The molecule has 0 aliphatic heterocycles. The predicted octanol–water partition coefficient (Wildman–Crippen LogP) is 4.81. The molecule has 1 aromatic carbocycles. The minimum Gasteiger partial charge on any atom is -0.444 e. The molecule has 1 aliphatic carbocycles. The van der Waals surface area contributed by atoms with Gasteiger partial charge in [0.1, 0.15) is 11.2 Å². The molecule has 1 atom stereocenters. The van der Waals surface area contributed by atoms with E-state index in [4.69, 9.17) is 9.47 Å². The highest BCUT2D eigenvalue weighted by atomic mass is 16.6. The van der Waals surface area contributed by atoms with E-state index in [1.165, 1.54) is 0 Å². The predicted molar refractivity (Wildman–Crippen MR) is 109 cm³/mol. The van der Waals surface area contributed by atoms with Crippen LogP contribution in [0.25, 0.3) is 10.9 Å². The van der Waals surface area contributed by atoms with Gasteiger partial charge < -0.3 is 14.8 Å². The first-order chi connectivity index (χ1) is 12.9. The number of hydrogen-bond donors (Lipinski definition) is 1. The highest BCUT2D eigenvalue weighted by Crippen LogP contribution is 2.33. The third kappa shape index (κ3) is 4.49. The van der Waals surface area contributed by atoms with E-state index in [9.17, 15) is 9.59 Å². The van der Waals surface area contributed by atoms with Gasteiger partial charge in [0.25, 0.3) is 0 Å². The van der Waals surface area contributed by atoms with Gasteiger partial charge in [-0.05, 0) is 72.4 Å². The third-order valence-electron chi connectivity index (χ3n) is 4.57. The number of fused-ring (bicyclic) bond motifs is 3. The number of rotatable bonds is 1. The van der Waals surface area contributed by atoms with E-state index in [1.807, 2.05) is 65.8 Å². The summed E-state index contributed by atoms with van der Waals surface area (Å²) >= 11 is 0. The van der Waals surface area contributed by atoms with Crippen molar-refractivity contribution >= 4 is 23.1 Å². The molecular formula is C22H30N2O4. The quantitative estimate of drug-likeness (QED) is 0.764. The second kappa shape index (κ2) is 7.15. The molecule has 28 heavy (non-hydrogen) atoms. The van der Waals surface area contributed by atoms with Crippen LogP contribution in [0.2, 0.25) is 0 Å². The summed E-state index contributed by atoms with van der Waals surface area (Å²) < 4.78 is 12.7. The molecule has 6 nitrogen and oxygen atoms in total. The SMILES string of the molecule is CC(C)(C)OC(=O)N[C@@H]1CCc2c(c3ccccc3n2C(=O)OC(C)(C)C)C1. The Morgan fingerprint density at radius 2 is 1.68 bits per heavy atom. The van der Waals surface area contributed by atoms with Crippen molar-refractivity contribution in [2.45, 2.75) is 78.0 Å². The maximum Gasteiger partial charge on any atom is 0.419 e. The number of aromatic nitrogens is 1. The van der Waals surface area contributed by atoms with E-state index in [0.717, 1.165) is 28.6 Å². The van der Waals surface area contributed by atoms with Crippen molar-refractivity contribution < 1.29 is 19.1 Å². The fraction of sp³-hybridized carbons (Fsp3) is 0.545. The number of carbonyl (C=O) groups excluding carboxylic acids is 2. The van der Waals surface area contributed by atoms with Crippen molar-refractivity contribution in [3.8, 4) is 0 Å². The summed E-state index contributed by atoms with van der Waals surface area (Å²) in [4.78, 5) is 25.0. The highest BCUT2D eigenvalue weighted by Gasteiger charge is 2.31. The van der Waals surface area contributed by atoms with Gasteiger partial charge in [0.15, 0.2) is 0 Å². The minimum absolute atomic E-state index is 0.0276. The molecule has 1 aliphatic rings. The molecule has 1 N–H and O–H groups in total. The van der Waals surface area contributed by atoms with E-state index < -0.39 is 17.3 Å². The average molecular weight is 386 g/mol. The lowest BCUT2D eigenvalue weighted by Crippen LogP contribution is -2.42. The number of carbonyl (C=O) groups is 2. The van der Waals surface area contributed by atoms with Gasteiger partial charge in [-0.1, -0.05) is 18.2 Å². The first-order valence-corrected chi connectivity index (χ1v) is 9.79. The van der Waals surface area contributed by atoms with E-state index in [0.29, 0.717) is 12.8 Å². The van der Waals surface area contributed by atoms with Crippen LogP contribution < -0.4 is 5.32 Å². The maximum absolute atomic E-state index is 12.9. The van der Waals surface area contributed by atoms with E-state index in [2.05, 4.69) is 5.32 Å². The summed E-state index contributed by atoms with van der Waals surface area (Å²) in [6.07, 6.45) is 1.32. The summed E-state index contributed by atoms with van der Waals surface area (Å²) in [7, 11) is 0. The molecule has 6 heteroatoms. The van der Waals surface area contributed by atoms with E-state index in [1.54, 1.807) is 4.57 Å². The molecule has 0 saturated carbocycles. The zero-order chi connectivity index (χ0) is 20.7. The van der Waals surface area contributed by atoms with Crippen molar-refractivity contribution in [2.75, 3.05) is 0 Å². The first-order valence-electron chi connectivity index (χ1n) is 9.79. The lowest BCUT2D eigenvalue weighted by atomic mass is 9.91. The number of ether oxygens (including phenoxy) is 2. The topological polar surface area (TPSA) is 69.6 Å². The zero-order valence-corrected chi connectivity index (χ0v) is 17.6. The van der Waals surface area contributed by atoms with Gasteiger partial charge in [-0.2, -0.15) is 0 Å². The van der Waals surface area contributed by atoms with Gasteiger partial charge in [-0.15, -0.1) is 0 Å². The second-order valence-electron chi connectivity index (χ2n) is 9.34. The van der Waals surface area contributed by atoms with Crippen molar-refractivity contribution in [1.29, 1.82) is 0 Å². The number of alkyl carbamates (subject to hydrolysis) is 1. The number of nitrogens with zero attached hydrogens (tertiary/aromatic N) is 1. The maximum atomic E-state index is 12.9. The van der Waals surface area contributed by atoms with Gasteiger partial charge in [-0.25, -0.2) is 14.2 Å². The standard InChI is InChI=1S/C22H30N2O4/c1-21(2,3)27-19(25)23-14-11-12-18-16(13-14)15-9-7-8-10-17(15)24(18)20(26)28-22(4,5)6/h7-10,14H,11-13H2,1-6H3,(H,23,25)/t14-/m1/s1. The van der Waals surface area contributed by atoms with Crippen LogP contribution in [0.1, 0.15) is 59.2 Å². The average Bonchev–Trinajstić information content (AvgIpc) is 2.85. The van der Waals surface area contributed by atoms with Crippen LogP contribution in [0.5, 0.6) is 0 Å². The van der Waals surface area contributed by atoms with Crippen molar-refractivity contribution in [3.63, 3.8) is 0 Å². The zero-order valence-electron chi connectivity index (χ0n) is 17.6. The number of amides is 1. The molecule has 1 aromatic heterocycles. The summed E-state index contributed by atoms with van der Waals surface area (Å²) in [5, 5.41) is 4.00. The van der Waals surface area contributed by atoms with Gasteiger partial charge in [-0.3, -0.25) is 0 Å². The minimum atomic E-state index is -0.565. The third-order valence-corrected chi connectivity index (χ3v) is 4.57. The Balaban J connectivity index is 1.90. The molecule has 0 fully saturated rings. The van der Waals surface area contributed by atoms with Crippen LogP contribution in [-0.2, 0) is 22.3 Å². The first kappa shape index (κ1) is 20.2. The molecule has 0 spiro atoms. The van der Waals surface area contributed by atoms with Gasteiger partial charge >= 0.3 is 12.2 Å². The normalized spacial score (nSPS) is 17.1. The lowest BCUT2D eigenvalue weighted by molar-refractivity contribution is 0.0490. The Labute approximate surface area is 166 Å². The summed E-state index contributed by atoms with van der Waals surface area (Å²) in [5.74, 6) is 0. The Morgan fingerprint density at radius 1 is 1.04 bits per heavy atom. The molecular weight excluding hydrogens is 356 g/mol. The molecule has 0 radical (unpaired) electrons. The van der Waals surface area contributed by atoms with Crippen LogP contribution in [0, 0.1) is 0 Å². The highest BCUT2D eigenvalue weighted by molar-refractivity contribution is 5.94. The van der Waals surface area contributed by atoms with Gasteiger partial charge in [0, 0.05) is 17.1 Å². The molecule has 1 amide bonds. The largest absolute Gasteiger partial charge is 0.444 e. The van der Waals surface area contributed by atoms with E-state index in [-0.39, 0.29) is 12.1 Å². The Bertz CT molecular complexity index is 900. The van der Waals surface area contributed by atoms with Crippen LogP contribution >= 0.6 is 0 Å². The molecule has 0 bridgehead atoms. The molecule has 1 heterocycles. The molecule has 0 unspecified atom stereocenters. The van der Waals surface area contributed by atoms with E-state index >= 15 is 0 Å². The van der Waals surface area contributed by atoms with Crippen LogP contribution in [-0.4, -0.2) is 34.0 Å². The molecule has 0 saturated heterocycles. The monoisotopic (exact) mass is 386 g/mol. The number of benzene rings is 1. The van der Waals surface area contributed by atoms with Crippen molar-refractivity contribution in [2.24, 2.45) is 0 Å². The van der Waals surface area contributed by atoms with Gasteiger partial charge in [0.2, 0.25) is 0 Å². The van der Waals surface area contributed by atoms with Crippen LogP contribution in [0.3, 0.4) is 0 Å². The van der Waals surface area contributed by atoms with Crippen molar-refractivity contribution in [3.05, 3.63) is 35.5 Å². The molecule has 152 valence electrons. The Morgan fingerprint density at radius 3 is 2.32 bits per heavy atom. The van der Waals surface area contributed by atoms with Crippen LogP contribution in [0.4, 0.5) is 9.59 Å². The second-order valence-corrected chi connectivity index (χ2v) is 9.34. The Kier molecular flexibility index (Phi) is 5.17. The molecule has 3 rings (SSSR count). The van der Waals surface area contributed by atoms with Crippen LogP contribution in [0.15, 0.2) is 24.3 Å². The summed E-state index contributed by atoms with van der Waals surface area (Å²) in [6.45, 7) is 11.1. The number of para-hydroxylation sites is 1. The summed E-state index contributed by atoms with van der Waals surface area (Å²) in [5.41, 5.74) is 1.81. The lowest BCUT2D eigenvalue weighted by Gasteiger charge is -2.27. The Hall–Kier alpha value is -2.50. The smallest absolute Gasteiger partial charge is 0.419 e. The number of hydrogen-bond acceptors (Lipinski definition) is 4. The fourth-order valence-electron chi connectivity index (χ4n) is 3.62. The fourth-order valence-corrected chi connectivity index (χ4v) is 3.62. The molecule has 2 aromatic rings. The van der Waals surface area contributed by atoms with Gasteiger partial charge in [0.05, 0.1) is 5.52 Å². The summed E-state index contributed by atoms with van der Waals surface area (Å²) in [6, 6.07) is 7.82. The number of nitrogens with one attached hydrogen (secondary N) is 1. The van der Waals surface area contributed by atoms with Crippen molar-refractivity contribution in [1.82, 2.24) is 9.88 Å².